The number of fused-ring (bicyclic) bond motifs is 1. The molecule has 2 atom stereocenters. The second kappa shape index (κ2) is 2.46. The van der Waals surface area contributed by atoms with Crippen LogP contribution in [-0.2, 0) is 4.79 Å². The molecule has 68 valence electrons. The summed E-state index contributed by atoms with van der Waals surface area (Å²) >= 11 is 0. The van der Waals surface area contributed by atoms with Gasteiger partial charge >= 0.3 is 0 Å². The summed E-state index contributed by atoms with van der Waals surface area (Å²) < 4.78 is 0. The third kappa shape index (κ3) is 0.891. The molecule has 2 aliphatic rings. The first-order valence-corrected chi connectivity index (χ1v) is 4.59. The average Bonchev–Trinajstić information content (AvgIpc) is 2.51. The maximum Gasteiger partial charge on any atom is 0.223 e. The summed E-state index contributed by atoms with van der Waals surface area (Å²) in [5.74, 6) is 0.787. The number of hydrogen-bond donors (Lipinski definition) is 1. The minimum atomic E-state index is -0.170. The molecule has 3 nitrogen and oxygen atoms in total. The lowest BCUT2D eigenvalue weighted by atomic mass is 9.92. The Balaban J connectivity index is 2.25. The molecule has 1 unspecified atom stereocenters. The third-order valence-electron chi connectivity index (χ3n) is 3.19. The van der Waals surface area contributed by atoms with E-state index in [-0.39, 0.29) is 18.1 Å². The Morgan fingerprint density at radius 2 is 2.50 bits per heavy atom. The van der Waals surface area contributed by atoms with Gasteiger partial charge in [0.15, 0.2) is 0 Å². The van der Waals surface area contributed by atoms with E-state index >= 15 is 0 Å². The fourth-order valence-corrected chi connectivity index (χ4v) is 2.64. The summed E-state index contributed by atoms with van der Waals surface area (Å²) in [7, 11) is 0. The Bertz CT molecular complexity index is 217. The van der Waals surface area contributed by atoms with Crippen molar-refractivity contribution in [3.8, 4) is 0 Å². The van der Waals surface area contributed by atoms with E-state index in [1.165, 1.54) is 0 Å². The van der Waals surface area contributed by atoms with Crippen molar-refractivity contribution in [2.45, 2.75) is 31.7 Å². The highest BCUT2D eigenvalue weighted by atomic mass is 16.3. The minimum absolute atomic E-state index is 0.142. The molecule has 1 amide bonds. The summed E-state index contributed by atoms with van der Waals surface area (Å²) in [4.78, 5) is 13.3. The Morgan fingerprint density at radius 1 is 1.75 bits per heavy atom. The lowest BCUT2D eigenvalue weighted by Crippen LogP contribution is -2.43. The lowest BCUT2D eigenvalue weighted by Gasteiger charge is -2.29. The summed E-state index contributed by atoms with van der Waals surface area (Å²) in [5, 5.41) is 9.27. The number of aliphatic hydroxyl groups excluding tert-OH is 1. The number of carbonyl (C=O) groups excluding carboxylic acids is 1. The first kappa shape index (κ1) is 8.05. The molecule has 0 spiro atoms. The van der Waals surface area contributed by atoms with Crippen LogP contribution < -0.4 is 0 Å². The van der Waals surface area contributed by atoms with Crippen LogP contribution in [0.25, 0.3) is 0 Å². The number of nitrogens with zero attached hydrogens (tertiary/aromatic N) is 1. The molecule has 2 rings (SSSR count). The van der Waals surface area contributed by atoms with E-state index in [0.29, 0.717) is 12.3 Å². The first-order chi connectivity index (χ1) is 5.68. The second-order valence-electron chi connectivity index (χ2n) is 4.20. The average molecular weight is 169 g/mol. The number of carbonyl (C=O) groups is 1. The van der Waals surface area contributed by atoms with Crippen molar-refractivity contribution in [3.63, 3.8) is 0 Å². The van der Waals surface area contributed by atoms with Crippen LogP contribution >= 0.6 is 0 Å². The van der Waals surface area contributed by atoms with Gasteiger partial charge in [-0.3, -0.25) is 4.79 Å². The molecular formula is C9H15NO2. The highest BCUT2D eigenvalue weighted by molar-refractivity contribution is 5.80. The molecule has 0 aromatic heterocycles. The van der Waals surface area contributed by atoms with Gasteiger partial charge in [-0.05, 0) is 18.8 Å². The lowest BCUT2D eigenvalue weighted by molar-refractivity contribution is -0.130. The van der Waals surface area contributed by atoms with Crippen molar-refractivity contribution in [3.05, 3.63) is 0 Å². The van der Waals surface area contributed by atoms with Crippen molar-refractivity contribution in [2.75, 3.05) is 13.2 Å². The van der Waals surface area contributed by atoms with Crippen LogP contribution in [0.3, 0.4) is 0 Å². The third-order valence-corrected chi connectivity index (χ3v) is 3.19. The predicted octanol–water partition coefficient (Wildman–Crippen LogP) is 0.380. The van der Waals surface area contributed by atoms with E-state index in [0.717, 1.165) is 19.4 Å². The molecule has 2 fully saturated rings. The summed E-state index contributed by atoms with van der Waals surface area (Å²) in [5.41, 5.74) is -0.170. The molecule has 0 bridgehead atoms. The van der Waals surface area contributed by atoms with E-state index in [4.69, 9.17) is 0 Å². The van der Waals surface area contributed by atoms with Gasteiger partial charge in [-0.1, -0.05) is 6.92 Å². The van der Waals surface area contributed by atoms with Crippen LogP contribution in [0.2, 0.25) is 0 Å². The number of aliphatic hydroxyl groups is 1. The Labute approximate surface area is 72.4 Å². The van der Waals surface area contributed by atoms with Gasteiger partial charge in [-0.15, -0.1) is 0 Å². The molecule has 1 N–H and O–H groups in total. The highest BCUT2D eigenvalue weighted by Gasteiger charge is 2.50. The van der Waals surface area contributed by atoms with Crippen LogP contribution in [-0.4, -0.2) is 34.6 Å². The molecule has 0 radical (unpaired) electrons. The molecule has 0 aliphatic carbocycles. The number of amides is 1. The fourth-order valence-electron chi connectivity index (χ4n) is 2.64. The van der Waals surface area contributed by atoms with Crippen molar-refractivity contribution < 1.29 is 9.90 Å². The zero-order valence-corrected chi connectivity index (χ0v) is 7.42. The van der Waals surface area contributed by atoms with E-state index in [2.05, 4.69) is 6.92 Å². The molecular weight excluding hydrogens is 154 g/mol. The summed E-state index contributed by atoms with van der Waals surface area (Å²) in [6.07, 6.45) is 2.47. The maximum atomic E-state index is 11.4. The van der Waals surface area contributed by atoms with E-state index in [1.54, 1.807) is 0 Å². The molecule has 0 aromatic carbocycles. The molecule has 2 heterocycles. The molecule has 12 heavy (non-hydrogen) atoms. The minimum Gasteiger partial charge on any atom is -0.394 e. The molecule has 2 aliphatic heterocycles. The molecule has 2 saturated heterocycles. The quantitative estimate of drug-likeness (QED) is 0.616. The zero-order chi connectivity index (χ0) is 8.77. The van der Waals surface area contributed by atoms with Gasteiger partial charge in [0.25, 0.3) is 0 Å². The number of rotatable bonds is 1. The SMILES string of the molecule is C[C@@H]1CN2C(=O)CCC2(CO)C1. The van der Waals surface area contributed by atoms with Gasteiger partial charge in [-0.2, -0.15) is 0 Å². The Morgan fingerprint density at radius 3 is 3.08 bits per heavy atom. The van der Waals surface area contributed by atoms with E-state index < -0.39 is 0 Å². The summed E-state index contributed by atoms with van der Waals surface area (Å²) in [6, 6.07) is 0. The highest BCUT2D eigenvalue weighted by Crippen LogP contribution is 2.41. The second-order valence-corrected chi connectivity index (χ2v) is 4.20. The predicted molar refractivity (Wildman–Crippen MR) is 44.5 cm³/mol. The van der Waals surface area contributed by atoms with Gasteiger partial charge in [0.05, 0.1) is 12.1 Å². The van der Waals surface area contributed by atoms with Crippen LogP contribution in [0.1, 0.15) is 26.2 Å². The molecule has 3 heteroatoms. The monoisotopic (exact) mass is 169 g/mol. The largest absolute Gasteiger partial charge is 0.394 e. The Kier molecular flexibility index (Phi) is 1.65. The van der Waals surface area contributed by atoms with Gasteiger partial charge in [0.1, 0.15) is 0 Å². The van der Waals surface area contributed by atoms with Crippen LogP contribution in [0.4, 0.5) is 0 Å². The standard InChI is InChI=1S/C9H15NO2/c1-7-4-9(6-11)3-2-8(12)10(9)5-7/h7,11H,2-6H2,1H3/t7-,9?/m0/s1. The van der Waals surface area contributed by atoms with Crippen LogP contribution in [0, 0.1) is 5.92 Å². The van der Waals surface area contributed by atoms with Crippen molar-refractivity contribution in [2.24, 2.45) is 5.92 Å². The van der Waals surface area contributed by atoms with Crippen LogP contribution in [0.15, 0.2) is 0 Å². The molecule has 0 aromatic rings. The normalized spacial score (nSPS) is 40.7. The number of hydrogen-bond acceptors (Lipinski definition) is 2. The van der Waals surface area contributed by atoms with Crippen LogP contribution in [0.5, 0.6) is 0 Å². The van der Waals surface area contributed by atoms with Crippen molar-refractivity contribution >= 4 is 5.91 Å². The zero-order valence-electron chi connectivity index (χ0n) is 7.42. The van der Waals surface area contributed by atoms with Crippen molar-refractivity contribution in [1.82, 2.24) is 4.90 Å². The van der Waals surface area contributed by atoms with Gasteiger partial charge in [0.2, 0.25) is 5.91 Å². The van der Waals surface area contributed by atoms with Gasteiger partial charge in [0, 0.05) is 13.0 Å². The fraction of sp³-hybridized carbons (Fsp3) is 0.889. The molecule has 0 saturated carbocycles. The first-order valence-electron chi connectivity index (χ1n) is 4.59. The topological polar surface area (TPSA) is 40.5 Å². The van der Waals surface area contributed by atoms with Gasteiger partial charge in [-0.25, -0.2) is 0 Å². The summed E-state index contributed by atoms with van der Waals surface area (Å²) in [6.45, 7) is 3.13. The smallest absolute Gasteiger partial charge is 0.223 e. The van der Waals surface area contributed by atoms with E-state index in [1.807, 2.05) is 4.90 Å². The van der Waals surface area contributed by atoms with Crippen molar-refractivity contribution in [1.29, 1.82) is 0 Å². The van der Waals surface area contributed by atoms with Gasteiger partial charge < -0.3 is 10.0 Å². The maximum absolute atomic E-state index is 11.4. The Hall–Kier alpha value is -0.570. The van der Waals surface area contributed by atoms with E-state index in [9.17, 15) is 9.90 Å².